The first-order chi connectivity index (χ1) is 8.70. The van der Waals surface area contributed by atoms with Gasteiger partial charge in [-0.3, -0.25) is 4.98 Å². The van der Waals surface area contributed by atoms with Crippen LogP contribution in [0.3, 0.4) is 0 Å². The summed E-state index contributed by atoms with van der Waals surface area (Å²) in [5, 5.41) is 0. The molecular weight excluding hydrogens is 244 g/mol. The summed E-state index contributed by atoms with van der Waals surface area (Å²) in [4.78, 5) is 6.50. The van der Waals surface area contributed by atoms with Gasteiger partial charge in [0.2, 0.25) is 0 Å². The molecule has 0 aliphatic carbocycles. The zero-order valence-electron chi connectivity index (χ0n) is 10.5. The number of nitrogens with zero attached hydrogens (tertiary/aromatic N) is 1. The molecule has 0 aliphatic heterocycles. The maximum atomic E-state index is 5.77. The summed E-state index contributed by atoms with van der Waals surface area (Å²) in [7, 11) is 1.68. The molecule has 0 saturated carbocycles. The molecule has 18 heavy (non-hydrogen) atoms. The minimum absolute atomic E-state index is 0.0321. The smallest absolute Gasteiger partial charge is 0.132 e. The zero-order valence-corrected chi connectivity index (χ0v) is 11.3. The number of para-hydroxylation sites is 1. The Morgan fingerprint density at radius 1 is 1.22 bits per heavy atom. The second-order valence-electron chi connectivity index (χ2n) is 3.96. The Labute approximate surface area is 111 Å². The Bertz CT molecular complexity index is 511. The number of hydrogen-bond acceptors (Lipinski definition) is 4. The van der Waals surface area contributed by atoms with Crippen LogP contribution >= 0.6 is 11.8 Å². The lowest BCUT2D eigenvalue weighted by molar-refractivity contribution is 0.405. The Morgan fingerprint density at radius 2 is 2.00 bits per heavy atom. The van der Waals surface area contributed by atoms with Crippen molar-refractivity contribution < 1.29 is 4.74 Å². The highest BCUT2D eigenvalue weighted by molar-refractivity contribution is 7.99. The molecule has 0 unspecified atom stereocenters. The Balaban J connectivity index is 2.18. The molecule has 0 saturated heterocycles. The summed E-state index contributed by atoms with van der Waals surface area (Å²) >= 11 is 1.63. The van der Waals surface area contributed by atoms with Gasteiger partial charge in [0.05, 0.1) is 17.7 Å². The van der Waals surface area contributed by atoms with E-state index in [0.717, 1.165) is 21.2 Å². The van der Waals surface area contributed by atoms with Crippen molar-refractivity contribution in [3.8, 4) is 5.75 Å². The highest BCUT2D eigenvalue weighted by Crippen LogP contribution is 2.34. The van der Waals surface area contributed by atoms with Gasteiger partial charge in [0, 0.05) is 17.1 Å². The predicted octanol–water partition coefficient (Wildman–Crippen LogP) is 3.26. The summed E-state index contributed by atoms with van der Waals surface area (Å²) < 4.78 is 5.32. The Hall–Kier alpha value is -1.52. The van der Waals surface area contributed by atoms with Gasteiger partial charge < -0.3 is 10.5 Å². The molecule has 0 bridgehead atoms. The predicted molar refractivity (Wildman–Crippen MR) is 74.0 cm³/mol. The van der Waals surface area contributed by atoms with E-state index < -0.39 is 0 Å². The van der Waals surface area contributed by atoms with Gasteiger partial charge in [0.25, 0.3) is 0 Å². The fourth-order valence-electron chi connectivity index (χ4n) is 1.55. The number of benzene rings is 1. The number of rotatable bonds is 4. The van der Waals surface area contributed by atoms with E-state index in [1.54, 1.807) is 18.9 Å². The van der Waals surface area contributed by atoms with Gasteiger partial charge in [-0.1, -0.05) is 23.9 Å². The number of hydrogen-bond donors (Lipinski definition) is 1. The molecule has 0 spiro atoms. The summed E-state index contributed by atoms with van der Waals surface area (Å²) in [5.41, 5.74) is 6.67. The Kier molecular flexibility index (Phi) is 4.23. The van der Waals surface area contributed by atoms with E-state index in [4.69, 9.17) is 10.5 Å². The molecule has 2 rings (SSSR count). The van der Waals surface area contributed by atoms with Crippen LogP contribution in [0.4, 0.5) is 0 Å². The molecule has 2 N–H and O–H groups in total. The van der Waals surface area contributed by atoms with Crippen LogP contribution < -0.4 is 10.5 Å². The van der Waals surface area contributed by atoms with Crippen LogP contribution in [0.5, 0.6) is 5.75 Å². The van der Waals surface area contributed by atoms with Gasteiger partial charge in [0.15, 0.2) is 0 Å². The van der Waals surface area contributed by atoms with Crippen molar-refractivity contribution >= 4 is 11.8 Å². The van der Waals surface area contributed by atoms with Crippen LogP contribution in [0.15, 0.2) is 52.4 Å². The van der Waals surface area contributed by atoms with Crippen LogP contribution in [0.2, 0.25) is 0 Å². The number of ether oxygens (including phenoxy) is 1. The fraction of sp³-hybridized carbons (Fsp3) is 0.214. The van der Waals surface area contributed by atoms with Crippen molar-refractivity contribution in [3.05, 3.63) is 48.3 Å². The van der Waals surface area contributed by atoms with Gasteiger partial charge in [-0.25, -0.2) is 0 Å². The normalized spacial score (nSPS) is 12.2. The maximum absolute atomic E-state index is 5.77. The molecule has 1 aromatic carbocycles. The number of nitrogens with two attached hydrogens (primary N) is 1. The molecule has 2 aromatic rings. The van der Waals surface area contributed by atoms with E-state index in [9.17, 15) is 0 Å². The first-order valence-corrected chi connectivity index (χ1v) is 6.54. The number of pyridine rings is 1. The molecule has 1 heterocycles. The van der Waals surface area contributed by atoms with Gasteiger partial charge in [-0.2, -0.15) is 0 Å². The van der Waals surface area contributed by atoms with E-state index in [-0.39, 0.29) is 6.04 Å². The third kappa shape index (κ3) is 3.03. The molecule has 4 heteroatoms. The largest absolute Gasteiger partial charge is 0.496 e. The summed E-state index contributed by atoms with van der Waals surface area (Å²) in [5.74, 6) is 0.874. The quantitative estimate of drug-likeness (QED) is 0.916. The lowest BCUT2D eigenvalue weighted by Gasteiger charge is -2.08. The van der Waals surface area contributed by atoms with E-state index in [0.29, 0.717) is 0 Å². The van der Waals surface area contributed by atoms with E-state index in [1.807, 2.05) is 49.5 Å². The molecule has 1 atom stereocenters. The molecule has 0 aliphatic rings. The number of methoxy groups -OCH3 is 1. The Morgan fingerprint density at radius 3 is 2.61 bits per heavy atom. The second kappa shape index (κ2) is 5.89. The van der Waals surface area contributed by atoms with Crippen molar-refractivity contribution in [2.24, 2.45) is 5.73 Å². The molecule has 3 nitrogen and oxygen atoms in total. The monoisotopic (exact) mass is 260 g/mol. The second-order valence-corrected chi connectivity index (χ2v) is 5.08. The topological polar surface area (TPSA) is 48.1 Å². The fourth-order valence-corrected chi connectivity index (χ4v) is 2.45. The summed E-state index contributed by atoms with van der Waals surface area (Å²) in [6.45, 7) is 1.93. The summed E-state index contributed by atoms with van der Waals surface area (Å²) in [6, 6.07) is 11.9. The maximum Gasteiger partial charge on any atom is 0.132 e. The lowest BCUT2D eigenvalue weighted by atomic mass is 10.2. The van der Waals surface area contributed by atoms with Gasteiger partial charge in [-0.15, -0.1) is 0 Å². The summed E-state index contributed by atoms with van der Waals surface area (Å²) in [6.07, 6.45) is 1.84. The zero-order chi connectivity index (χ0) is 13.0. The molecule has 1 aromatic heterocycles. The van der Waals surface area contributed by atoms with E-state index in [2.05, 4.69) is 4.98 Å². The van der Waals surface area contributed by atoms with Crippen LogP contribution in [-0.4, -0.2) is 12.1 Å². The molecule has 0 radical (unpaired) electrons. The van der Waals surface area contributed by atoms with Gasteiger partial charge >= 0.3 is 0 Å². The average Bonchev–Trinajstić information content (AvgIpc) is 2.40. The minimum atomic E-state index is -0.0321. The van der Waals surface area contributed by atoms with E-state index >= 15 is 0 Å². The minimum Gasteiger partial charge on any atom is -0.496 e. The lowest BCUT2D eigenvalue weighted by Crippen LogP contribution is -2.06. The van der Waals surface area contributed by atoms with Crippen LogP contribution in [0.1, 0.15) is 18.7 Å². The molecular formula is C14H16N2OS. The first kappa shape index (κ1) is 12.9. The third-order valence-corrected chi connectivity index (χ3v) is 3.56. The van der Waals surface area contributed by atoms with Crippen molar-refractivity contribution in [2.75, 3.05) is 7.11 Å². The SMILES string of the molecule is COc1ccccc1Sc1ccc([C@H](C)N)nc1. The van der Waals surface area contributed by atoms with Crippen molar-refractivity contribution in [3.63, 3.8) is 0 Å². The standard InChI is InChI=1S/C14H16N2OS/c1-10(15)12-8-7-11(9-16-12)18-14-6-4-3-5-13(14)17-2/h3-10H,15H2,1-2H3/t10-/m0/s1. The highest BCUT2D eigenvalue weighted by atomic mass is 32.2. The molecule has 94 valence electrons. The highest BCUT2D eigenvalue weighted by Gasteiger charge is 2.05. The van der Waals surface area contributed by atoms with Crippen LogP contribution in [0, 0.1) is 0 Å². The van der Waals surface area contributed by atoms with Gasteiger partial charge in [0.1, 0.15) is 5.75 Å². The van der Waals surface area contributed by atoms with Gasteiger partial charge in [-0.05, 0) is 31.2 Å². The number of aromatic nitrogens is 1. The van der Waals surface area contributed by atoms with Crippen molar-refractivity contribution in [1.82, 2.24) is 4.98 Å². The first-order valence-electron chi connectivity index (χ1n) is 5.73. The molecule has 0 fully saturated rings. The molecule has 0 amide bonds. The average molecular weight is 260 g/mol. The third-order valence-electron chi connectivity index (χ3n) is 2.52. The van der Waals surface area contributed by atoms with Crippen molar-refractivity contribution in [2.45, 2.75) is 22.8 Å². The van der Waals surface area contributed by atoms with Crippen LogP contribution in [0.25, 0.3) is 0 Å². The van der Waals surface area contributed by atoms with Crippen LogP contribution in [-0.2, 0) is 0 Å². The van der Waals surface area contributed by atoms with E-state index in [1.165, 1.54) is 0 Å². The van der Waals surface area contributed by atoms with Crippen molar-refractivity contribution in [1.29, 1.82) is 0 Å².